The Bertz CT molecular complexity index is 857. The van der Waals surface area contributed by atoms with Crippen LogP contribution in [0.2, 0.25) is 0 Å². The van der Waals surface area contributed by atoms with E-state index in [0.29, 0.717) is 0 Å². The summed E-state index contributed by atoms with van der Waals surface area (Å²) in [5, 5.41) is 15.5. The summed E-state index contributed by atoms with van der Waals surface area (Å²) in [6.45, 7) is 4.77. The van der Waals surface area contributed by atoms with Crippen molar-refractivity contribution in [2.75, 3.05) is 6.61 Å². The molecule has 9 nitrogen and oxygen atoms in total. The highest BCUT2D eigenvalue weighted by Gasteiger charge is 2.22. The predicted octanol–water partition coefficient (Wildman–Crippen LogP) is 1.87. The number of hydrogen-bond donors (Lipinski definition) is 2. The van der Waals surface area contributed by atoms with Crippen LogP contribution in [-0.4, -0.2) is 43.0 Å². The molecule has 1 aromatic heterocycles. The van der Waals surface area contributed by atoms with Crippen molar-refractivity contribution in [2.45, 2.75) is 43.7 Å². The lowest BCUT2D eigenvalue weighted by molar-refractivity contribution is 0.0480. The van der Waals surface area contributed by atoms with Crippen LogP contribution in [0.5, 0.6) is 5.88 Å². The van der Waals surface area contributed by atoms with Crippen LogP contribution in [0, 0.1) is 0 Å². The lowest BCUT2D eigenvalue weighted by atomic mass is 10.2. The minimum Gasteiger partial charge on any atom is -0.444 e. The van der Waals surface area contributed by atoms with Gasteiger partial charge in [0, 0.05) is 12.5 Å². The van der Waals surface area contributed by atoms with Gasteiger partial charge >= 0.3 is 16.2 Å². The Morgan fingerprint density at radius 3 is 2.56 bits per heavy atom. The van der Waals surface area contributed by atoms with Crippen LogP contribution in [0.25, 0.3) is 0 Å². The predicted molar refractivity (Wildman–Crippen MR) is 94.7 cm³/mol. The maximum Gasteiger partial charge on any atom is 0.407 e. The van der Waals surface area contributed by atoms with E-state index in [0.717, 1.165) is 0 Å². The number of rotatable bonds is 7. The summed E-state index contributed by atoms with van der Waals surface area (Å²) < 4.78 is 39.4. The SMILES string of the molecule is CC(C)(C)OC(=O)NC(CO)Cc1cc(OS(=O)(=O)c2ccccc2)no1. The van der Waals surface area contributed by atoms with Gasteiger partial charge in [0.25, 0.3) is 5.88 Å². The molecule has 0 radical (unpaired) electrons. The molecular weight excluding hydrogens is 376 g/mol. The topological polar surface area (TPSA) is 128 Å². The fourth-order valence-electron chi connectivity index (χ4n) is 2.06. The van der Waals surface area contributed by atoms with Gasteiger partial charge in [-0.1, -0.05) is 18.2 Å². The molecule has 2 rings (SSSR count). The number of benzene rings is 1. The van der Waals surface area contributed by atoms with Gasteiger partial charge in [0.15, 0.2) is 0 Å². The van der Waals surface area contributed by atoms with Crippen LogP contribution in [0.3, 0.4) is 0 Å². The van der Waals surface area contributed by atoms with E-state index in [1.54, 1.807) is 39.0 Å². The molecule has 0 spiro atoms. The van der Waals surface area contributed by atoms with Crippen molar-refractivity contribution in [1.29, 1.82) is 0 Å². The molecule has 2 aromatic rings. The summed E-state index contributed by atoms with van der Waals surface area (Å²) in [6.07, 6.45) is -0.624. The minimum absolute atomic E-state index is 0.0191. The molecule has 0 aliphatic carbocycles. The molecule has 0 aliphatic rings. The molecule has 0 aliphatic heterocycles. The summed E-state index contributed by atoms with van der Waals surface area (Å²) >= 11 is 0. The highest BCUT2D eigenvalue weighted by Crippen LogP contribution is 2.19. The number of ether oxygens (including phenoxy) is 1. The minimum atomic E-state index is -4.03. The highest BCUT2D eigenvalue weighted by atomic mass is 32.2. The van der Waals surface area contributed by atoms with Gasteiger partial charge in [0.05, 0.1) is 12.6 Å². The first-order chi connectivity index (χ1) is 12.6. The Morgan fingerprint density at radius 2 is 1.96 bits per heavy atom. The van der Waals surface area contributed by atoms with Crippen LogP contribution >= 0.6 is 0 Å². The third-order valence-corrected chi connectivity index (χ3v) is 4.39. The van der Waals surface area contributed by atoms with Gasteiger partial charge in [-0.25, -0.2) is 4.79 Å². The Balaban J connectivity index is 1.99. The van der Waals surface area contributed by atoms with Gasteiger partial charge in [-0.05, 0) is 38.1 Å². The average molecular weight is 398 g/mol. The van der Waals surface area contributed by atoms with Crippen LogP contribution in [0.15, 0.2) is 45.8 Å². The monoisotopic (exact) mass is 398 g/mol. The van der Waals surface area contributed by atoms with Gasteiger partial charge in [-0.3, -0.25) is 0 Å². The van der Waals surface area contributed by atoms with Gasteiger partial charge in [0.2, 0.25) is 0 Å². The summed E-state index contributed by atoms with van der Waals surface area (Å²) in [5.41, 5.74) is -0.677. The molecule has 2 N–H and O–H groups in total. The average Bonchev–Trinajstić information content (AvgIpc) is 2.99. The van der Waals surface area contributed by atoms with E-state index >= 15 is 0 Å². The van der Waals surface area contributed by atoms with Crippen molar-refractivity contribution in [2.24, 2.45) is 0 Å². The molecule has 0 fully saturated rings. The lowest BCUT2D eigenvalue weighted by Crippen LogP contribution is -2.42. The fraction of sp³-hybridized carbons (Fsp3) is 0.412. The Kier molecular flexibility index (Phi) is 6.45. The van der Waals surface area contributed by atoms with E-state index in [1.165, 1.54) is 18.2 Å². The zero-order valence-electron chi connectivity index (χ0n) is 15.2. The number of amides is 1. The van der Waals surface area contributed by atoms with Crippen LogP contribution in [0.1, 0.15) is 26.5 Å². The fourth-order valence-corrected chi connectivity index (χ4v) is 2.95. The Labute approximate surface area is 157 Å². The van der Waals surface area contributed by atoms with Gasteiger partial charge in [-0.2, -0.15) is 8.42 Å². The standard InChI is InChI=1S/C17H22N2O7S/c1-17(2,3)24-16(21)18-12(11-20)9-13-10-15(19-25-13)26-27(22,23)14-7-5-4-6-8-14/h4-8,10,12,20H,9,11H2,1-3H3,(H,18,21). The zero-order chi connectivity index (χ0) is 20.1. The second kappa shape index (κ2) is 8.40. The first-order valence-electron chi connectivity index (χ1n) is 8.14. The molecule has 1 amide bonds. The molecule has 0 saturated carbocycles. The second-order valence-corrected chi connectivity index (χ2v) is 8.26. The molecule has 27 heavy (non-hydrogen) atoms. The Morgan fingerprint density at radius 1 is 1.30 bits per heavy atom. The lowest BCUT2D eigenvalue weighted by Gasteiger charge is -2.22. The number of nitrogens with one attached hydrogen (secondary N) is 1. The van der Waals surface area contributed by atoms with E-state index < -0.39 is 27.9 Å². The zero-order valence-corrected chi connectivity index (χ0v) is 16.0. The number of alkyl carbamates (subject to hydrolysis) is 1. The van der Waals surface area contributed by atoms with Crippen molar-refractivity contribution in [3.63, 3.8) is 0 Å². The van der Waals surface area contributed by atoms with Crippen molar-refractivity contribution in [1.82, 2.24) is 10.5 Å². The number of carbonyl (C=O) groups is 1. The van der Waals surface area contributed by atoms with Crippen molar-refractivity contribution in [3.8, 4) is 5.88 Å². The van der Waals surface area contributed by atoms with E-state index in [1.807, 2.05) is 0 Å². The van der Waals surface area contributed by atoms with Gasteiger partial charge < -0.3 is 23.9 Å². The summed E-state index contributed by atoms with van der Waals surface area (Å²) in [4.78, 5) is 11.8. The molecule has 1 unspecified atom stereocenters. The molecule has 1 aromatic carbocycles. The third kappa shape index (κ3) is 6.57. The number of hydrogen-bond acceptors (Lipinski definition) is 8. The van der Waals surface area contributed by atoms with Crippen LogP contribution in [-0.2, 0) is 21.3 Å². The number of nitrogens with zero attached hydrogens (tertiary/aromatic N) is 1. The van der Waals surface area contributed by atoms with Crippen molar-refractivity contribution >= 4 is 16.2 Å². The van der Waals surface area contributed by atoms with Gasteiger partial charge in [0.1, 0.15) is 16.3 Å². The first kappa shape index (κ1) is 20.7. The molecule has 0 saturated heterocycles. The van der Waals surface area contributed by atoms with E-state index in [9.17, 15) is 18.3 Å². The number of aliphatic hydroxyl groups is 1. The Hall–Kier alpha value is -2.59. The molecule has 1 heterocycles. The number of carbonyl (C=O) groups excluding carboxylic acids is 1. The summed E-state index contributed by atoms with van der Waals surface area (Å²) in [7, 11) is -4.03. The smallest absolute Gasteiger partial charge is 0.407 e. The molecule has 148 valence electrons. The van der Waals surface area contributed by atoms with E-state index in [-0.39, 0.29) is 29.6 Å². The number of aliphatic hydroxyl groups excluding tert-OH is 1. The quantitative estimate of drug-likeness (QED) is 0.677. The highest BCUT2D eigenvalue weighted by molar-refractivity contribution is 7.87. The maximum absolute atomic E-state index is 12.2. The largest absolute Gasteiger partial charge is 0.444 e. The maximum atomic E-state index is 12.2. The summed E-state index contributed by atoms with van der Waals surface area (Å²) in [5.74, 6) is -0.0221. The molecular formula is C17H22N2O7S. The normalized spacial score (nSPS) is 13.0. The van der Waals surface area contributed by atoms with E-state index in [4.69, 9.17) is 13.4 Å². The van der Waals surface area contributed by atoms with Crippen molar-refractivity contribution in [3.05, 3.63) is 42.2 Å². The molecule has 10 heteroatoms. The second-order valence-electron chi connectivity index (χ2n) is 6.71. The number of aromatic nitrogens is 1. The van der Waals surface area contributed by atoms with Crippen LogP contribution in [0.4, 0.5) is 4.79 Å². The molecule has 0 bridgehead atoms. The van der Waals surface area contributed by atoms with E-state index in [2.05, 4.69) is 10.5 Å². The summed E-state index contributed by atoms with van der Waals surface area (Å²) in [6, 6.07) is 8.18. The first-order valence-corrected chi connectivity index (χ1v) is 9.55. The van der Waals surface area contributed by atoms with Crippen molar-refractivity contribution < 1.29 is 31.8 Å². The molecule has 1 atom stereocenters. The third-order valence-electron chi connectivity index (χ3n) is 3.15. The van der Waals surface area contributed by atoms with Gasteiger partial charge in [-0.15, -0.1) is 0 Å². The van der Waals surface area contributed by atoms with Crippen LogP contribution < -0.4 is 9.50 Å².